The summed E-state index contributed by atoms with van der Waals surface area (Å²) in [5, 5.41) is 0.642. The molecule has 1 aromatic heterocycles. The summed E-state index contributed by atoms with van der Waals surface area (Å²) >= 11 is 7.81. The quantitative estimate of drug-likeness (QED) is 0.539. The lowest BCUT2D eigenvalue weighted by Gasteiger charge is -2.20. The van der Waals surface area contributed by atoms with Gasteiger partial charge in [0.2, 0.25) is 0 Å². The summed E-state index contributed by atoms with van der Waals surface area (Å²) < 4.78 is 2.92. The van der Waals surface area contributed by atoms with Crippen LogP contribution in [0.25, 0.3) is 10.2 Å². The summed E-state index contributed by atoms with van der Waals surface area (Å²) in [4.78, 5) is 19.9. The second-order valence-electron chi connectivity index (χ2n) is 6.01. The molecule has 0 spiro atoms. The molecule has 0 aliphatic rings. The highest BCUT2D eigenvalue weighted by atomic mass is 35.5. The Morgan fingerprint density at radius 3 is 2.56 bits per heavy atom. The van der Waals surface area contributed by atoms with Crippen molar-refractivity contribution >= 4 is 44.7 Å². The topological polar surface area (TPSA) is 37.6 Å². The molecule has 0 aliphatic carbocycles. The number of halogens is 1. The van der Waals surface area contributed by atoms with E-state index < -0.39 is 0 Å². The van der Waals surface area contributed by atoms with Crippen molar-refractivity contribution in [3.05, 3.63) is 70.5 Å². The smallest absolute Gasteiger partial charge is 0.279 e. The van der Waals surface area contributed by atoms with E-state index in [9.17, 15) is 4.79 Å². The number of nitrogens with zero attached hydrogens (tertiary/aromatic N) is 3. The van der Waals surface area contributed by atoms with Crippen LogP contribution in [-0.4, -0.2) is 23.6 Å². The zero-order chi connectivity index (χ0) is 19.4. The van der Waals surface area contributed by atoms with Crippen molar-refractivity contribution in [2.75, 3.05) is 18.0 Å². The number of rotatable bonds is 6. The van der Waals surface area contributed by atoms with E-state index in [0.29, 0.717) is 21.9 Å². The monoisotopic (exact) mass is 399 g/mol. The summed E-state index contributed by atoms with van der Waals surface area (Å²) in [7, 11) is 0. The highest BCUT2D eigenvalue weighted by molar-refractivity contribution is 7.16. The van der Waals surface area contributed by atoms with E-state index >= 15 is 0 Å². The molecule has 140 valence electrons. The van der Waals surface area contributed by atoms with Gasteiger partial charge < -0.3 is 9.47 Å². The Kier molecular flexibility index (Phi) is 6.14. The molecular weight excluding hydrogens is 378 g/mol. The van der Waals surface area contributed by atoms with Crippen LogP contribution in [0, 0.1) is 0 Å². The van der Waals surface area contributed by atoms with Gasteiger partial charge in [0, 0.05) is 30.9 Å². The van der Waals surface area contributed by atoms with E-state index in [1.54, 1.807) is 6.08 Å². The minimum Gasteiger partial charge on any atom is -0.372 e. The first-order chi connectivity index (χ1) is 13.1. The molecule has 0 fully saturated rings. The number of thiazole rings is 1. The summed E-state index contributed by atoms with van der Waals surface area (Å²) in [5.41, 5.74) is 2.55. The minimum absolute atomic E-state index is 0.262. The lowest BCUT2D eigenvalue weighted by atomic mass is 10.2. The van der Waals surface area contributed by atoms with Gasteiger partial charge in [0.15, 0.2) is 4.80 Å². The number of hydrogen-bond acceptors (Lipinski definition) is 3. The number of hydrogen-bond donors (Lipinski definition) is 0. The van der Waals surface area contributed by atoms with Crippen molar-refractivity contribution < 1.29 is 4.79 Å². The lowest BCUT2D eigenvalue weighted by Crippen LogP contribution is -2.21. The van der Waals surface area contributed by atoms with Gasteiger partial charge in [-0.3, -0.25) is 4.79 Å². The van der Waals surface area contributed by atoms with Crippen molar-refractivity contribution in [1.29, 1.82) is 0 Å². The maximum Gasteiger partial charge on any atom is 0.279 e. The van der Waals surface area contributed by atoms with Crippen LogP contribution in [0.1, 0.15) is 24.2 Å². The maximum atomic E-state index is 12.7. The number of benzene rings is 2. The molecule has 0 saturated heterocycles. The Morgan fingerprint density at radius 2 is 1.93 bits per heavy atom. The molecule has 1 heterocycles. The van der Waals surface area contributed by atoms with E-state index in [2.05, 4.69) is 30.3 Å². The van der Waals surface area contributed by atoms with Crippen LogP contribution in [0.15, 0.2) is 60.1 Å². The maximum absolute atomic E-state index is 12.7. The second-order valence-corrected chi connectivity index (χ2v) is 7.42. The molecule has 4 nitrogen and oxygen atoms in total. The van der Waals surface area contributed by atoms with E-state index in [-0.39, 0.29) is 5.91 Å². The average molecular weight is 400 g/mol. The number of amides is 1. The number of aromatic nitrogens is 1. The molecule has 2 aromatic carbocycles. The molecule has 6 heteroatoms. The SMILES string of the molecule is C=CCn1c(=NC(=O)c2ccc(N(CC)CC)cc2)sc2cccc(Cl)c21. The second kappa shape index (κ2) is 8.55. The number of allylic oxidation sites excluding steroid dienone is 1. The number of para-hydroxylation sites is 1. The fraction of sp³-hybridized carbons (Fsp3) is 0.238. The van der Waals surface area contributed by atoms with Gasteiger partial charge >= 0.3 is 0 Å². The molecule has 3 rings (SSSR count). The fourth-order valence-electron chi connectivity index (χ4n) is 3.03. The summed E-state index contributed by atoms with van der Waals surface area (Å²) in [6.45, 7) is 10.4. The number of carbonyl (C=O) groups excluding carboxylic acids is 1. The normalized spacial score (nSPS) is 11.7. The Hall–Kier alpha value is -2.37. The van der Waals surface area contributed by atoms with Gasteiger partial charge in [-0.1, -0.05) is 35.1 Å². The first-order valence-electron chi connectivity index (χ1n) is 8.91. The van der Waals surface area contributed by atoms with Crippen LogP contribution in [-0.2, 0) is 6.54 Å². The van der Waals surface area contributed by atoms with Crippen molar-refractivity contribution in [2.45, 2.75) is 20.4 Å². The highest BCUT2D eigenvalue weighted by Crippen LogP contribution is 2.25. The van der Waals surface area contributed by atoms with Crippen molar-refractivity contribution in [3.8, 4) is 0 Å². The largest absolute Gasteiger partial charge is 0.372 e. The van der Waals surface area contributed by atoms with E-state index in [4.69, 9.17) is 11.6 Å². The Balaban J connectivity index is 2.01. The molecule has 0 atom stereocenters. The van der Waals surface area contributed by atoms with Crippen LogP contribution in [0.4, 0.5) is 5.69 Å². The Bertz CT molecular complexity index is 1030. The number of fused-ring (bicyclic) bond motifs is 1. The van der Waals surface area contributed by atoms with Crippen LogP contribution in [0.2, 0.25) is 5.02 Å². The summed E-state index contributed by atoms with van der Waals surface area (Å²) in [5.74, 6) is -0.262. The highest BCUT2D eigenvalue weighted by Gasteiger charge is 2.11. The molecular formula is C21H22ClN3OS. The van der Waals surface area contributed by atoms with Gasteiger partial charge in [-0.05, 0) is 50.2 Å². The Morgan fingerprint density at radius 1 is 1.22 bits per heavy atom. The predicted molar refractivity (Wildman–Crippen MR) is 115 cm³/mol. The first-order valence-corrected chi connectivity index (χ1v) is 10.1. The average Bonchev–Trinajstić information content (AvgIpc) is 3.02. The predicted octanol–water partition coefficient (Wildman–Crippen LogP) is 5.13. The summed E-state index contributed by atoms with van der Waals surface area (Å²) in [6.07, 6.45) is 1.78. The van der Waals surface area contributed by atoms with Crippen LogP contribution in [0.3, 0.4) is 0 Å². The van der Waals surface area contributed by atoms with Gasteiger partial charge in [0.05, 0.1) is 15.2 Å². The van der Waals surface area contributed by atoms with Gasteiger partial charge in [0.1, 0.15) is 0 Å². The van der Waals surface area contributed by atoms with Crippen LogP contribution < -0.4 is 9.70 Å². The van der Waals surface area contributed by atoms with Crippen LogP contribution >= 0.6 is 22.9 Å². The molecule has 0 N–H and O–H groups in total. The molecule has 0 aliphatic heterocycles. The van der Waals surface area contributed by atoms with Crippen LogP contribution in [0.5, 0.6) is 0 Å². The van der Waals surface area contributed by atoms with E-state index in [1.165, 1.54) is 11.3 Å². The van der Waals surface area contributed by atoms with Crippen molar-refractivity contribution in [1.82, 2.24) is 4.57 Å². The standard InChI is InChI=1S/C21H22ClN3OS/c1-4-14-25-19-17(22)8-7-9-18(19)27-21(25)23-20(26)15-10-12-16(13-11-15)24(5-2)6-3/h4,7-13H,1,5-6,14H2,2-3H3. The number of carbonyl (C=O) groups is 1. The zero-order valence-corrected chi connectivity index (χ0v) is 17.1. The minimum atomic E-state index is -0.262. The third-order valence-electron chi connectivity index (χ3n) is 4.40. The molecule has 0 radical (unpaired) electrons. The fourth-order valence-corrected chi connectivity index (χ4v) is 4.42. The molecule has 27 heavy (non-hydrogen) atoms. The molecule has 0 unspecified atom stereocenters. The molecule has 1 amide bonds. The van der Waals surface area contributed by atoms with E-state index in [0.717, 1.165) is 29.0 Å². The van der Waals surface area contributed by atoms with Gasteiger partial charge in [-0.2, -0.15) is 4.99 Å². The van der Waals surface area contributed by atoms with Crippen molar-refractivity contribution in [2.24, 2.45) is 4.99 Å². The van der Waals surface area contributed by atoms with Gasteiger partial charge in [-0.15, -0.1) is 6.58 Å². The zero-order valence-electron chi connectivity index (χ0n) is 15.5. The molecule has 0 bridgehead atoms. The lowest BCUT2D eigenvalue weighted by molar-refractivity contribution is 0.0998. The van der Waals surface area contributed by atoms with Gasteiger partial charge in [0.25, 0.3) is 5.91 Å². The van der Waals surface area contributed by atoms with Crippen molar-refractivity contribution in [3.63, 3.8) is 0 Å². The third-order valence-corrected chi connectivity index (χ3v) is 5.75. The van der Waals surface area contributed by atoms with Gasteiger partial charge in [-0.25, -0.2) is 0 Å². The first kappa shape index (κ1) is 19.4. The molecule has 3 aromatic rings. The van der Waals surface area contributed by atoms with E-state index in [1.807, 2.05) is 47.0 Å². The molecule has 0 saturated carbocycles. The third kappa shape index (κ3) is 3.99. The summed E-state index contributed by atoms with van der Waals surface area (Å²) in [6, 6.07) is 13.3. The Labute approximate surface area is 168 Å². The number of anilines is 1.